The molecule has 0 aromatic heterocycles. The number of Topliss-reactive ketones (excluding diaryl/α,β-unsaturated/α-hetero) is 1. The Hall–Kier alpha value is -2.12. The van der Waals surface area contributed by atoms with Gasteiger partial charge in [-0.15, -0.1) is 0 Å². The Morgan fingerprint density at radius 1 is 1.39 bits per heavy atom. The summed E-state index contributed by atoms with van der Waals surface area (Å²) in [5.74, 6) is -3.71. The van der Waals surface area contributed by atoms with Crippen molar-refractivity contribution in [1.82, 2.24) is 0 Å². The second kappa shape index (κ2) is 5.21. The van der Waals surface area contributed by atoms with Gasteiger partial charge in [0.15, 0.2) is 5.78 Å². The van der Waals surface area contributed by atoms with Gasteiger partial charge in [-0.2, -0.15) is 0 Å². The van der Waals surface area contributed by atoms with Gasteiger partial charge in [-0.05, 0) is 24.5 Å². The quantitative estimate of drug-likeness (QED) is 0.635. The lowest BCUT2D eigenvalue weighted by Gasteiger charge is -2.50. The molecule has 0 radical (unpaired) electrons. The molecule has 1 aliphatic carbocycles. The van der Waals surface area contributed by atoms with Crippen LogP contribution in [0.2, 0.25) is 0 Å². The molecule has 0 amide bonds. The zero-order valence-electron chi connectivity index (χ0n) is 12.7. The summed E-state index contributed by atoms with van der Waals surface area (Å²) in [6, 6.07) is 4.20. The van der Waals surface area contributed by atoms with E-state index < -0.39 is 41.4 Å². The maximum atomic E-state index is 12.8. The number of carbonyl (C=O) groups excluding carboxylic acids is 2. The normalized spacial score (nSPS) is 35.7. The van der Waals surface area contributed by atoms with Gasteiger partial charge >= 0.3 is 5.97 Å². The van der Waals surface area contributed by atoms with E-state index in [1.54, 1.807) is 6.92 Å². The van der Waals surface area contributed by atoms with Crippen LogP contribution in [0.5, 0.6) is 11.5 Å². The summed E-state index contributed by atoms with van der Waals surface area (Å²) in [7, 11) is 1.12. The van der Waals surface area contributed by atoms with Crippen molar-refractivity contribution < 1.29 is 34.4 Å². The number of esters is 1. The van der Waals surface area contributed by atoms with Gasteiger partial charge in [-0.3, -0.25) is 4.79 Å². The lowest BCUT2D eigenvalue weighted by atomic mass is 9.63. The zero-order valence-corrected chi connectivity index (χ0v) is 12.7. The summed E-state index contributed by atoms with van der Waals surface area (Å²) in [6.45, 7) is 1.65. The Bertz CT molecular complexity index is 670. The van der Waals surface area contributed by atoms with Crippen LogP contribution in [0.15, 0.2) is 18.2 Å². The third-order valence-electron chi connectivity index (χ3n) is 4.75. The number of ketones is 1. The number of benzene rings is 1. The van der Waals surface area contributed by atoms with Crippen molar-refractivity contribution in [2.45, 2.75) is 31.2 Å². The highest BCUT2D eigenvalue weighted by atomic mass is 16.6. The third-order valence-corrected chi connectivity index (χ3v) is 4.75. The number of phenolic OH excluding ortho intramolecular Hbond substituents is 1. The van der Waals surface area contributed by atoms with E-state index in [0.29, 0.717) is 0 Å². The molecule has 3 rings (SSSR count). The molecule has 124 valence electrons. The van der Waals surface area contributed by atoms with Crippen molar-refractivity contribution >= 4 is 11.8 Å². The molecular formula is C16H18O7. The average Bonchev–Trinajstić information content (AvgIpc) is 2.51. The number of fused-ring (bicyclic) bond motifs is 2. The topological polar surface area (TPSA) is 113 Å². The highest BCUT2D eigenvalue weighted by Gasteiger charge is 2.66. The standard InChI is InChI=1S/C16H18O7/c1-7-6-9(18)12-13(19)11-8(17)4-3-5-10(11)23-16(12,14(7)20)15(21)22-2/h3-5,7,9,12,14,17-18,20H,6H2,1-2H3/t7-,9+,12+,14+,16+/m1/s1. The number of aromatic hydroxyl groups is 1. The largest absolute Gasteiger partial charge is 0.507 e. The van der Waals surface area contributed by atoms with Crippen molar-refractivity contribution in [3.05, 3.63) is 23.8 Å². The molecule has 1 aromatic rings. The molecule has 1 saturated carbocycles. The summed E-state index contributed by atoms with van der Waals surface area (Å²) < 4.78 is 10.5. The maximum absolute atomic E-state index is 12.8. The minimum absolute atomic E-state index is 0.0167. The first-order chi connectivity index (χ1) is 10.8. The smallest absolute Gasteiger partial charge is 0.353 e. The second-order valence-corrected chi connectivity index (χ2v) is 6.10. The lowest BCUT2D eigenvalue weighted by Crippen LogP contribution is -2.70. The minimum Gasteiger partial charge on any atom is -0.507 e. The molecule has 2 aliphatic rings. The number of ether oxygens (including phenoxy) is 2. The van der Waals surface area contributed by atoms with Gasteiger partial charge in [0, 0.05) is 0 Å². The molecule has 7 heteroatoms. The van der Waals surface area contributed by atoms with E-state index in [1.165, 1.54) is 18.2 Å². The fraction of sp³-hybridized carbons (Fsp3) is 0.500. The summed E-state index contributed by atoms with van der Waals surface area (Å²) >= 11 is 0. The van der Waals surface area contributed by atoms with Gasteiger partial charge in [0.05, 0.1) is 13.2 Å². The zero-order chi connectivity index (χ0) is 16.9. The molecule has 3 N–H and O–H groups in total. The van der Waals surface area contributed by atoms with Gasteiger partial charge in [0.2, 0.25) is 5.60 Å². The second-order valence-electron chi connectivity index (χ2n) is 6.10. The molecule has 1 heterocycles. The highest BCUT2D eigenvalue weighted by molar-refractivity contribution is 6.08. The first-order valence-electron chi connectivity index (χ1n) is 7.34. The van der Waals surface area contributed by atoms with E-state index in [1.807, 2.05) is 0 Å². The van der Waals surface area contributed by atoms with Crippen LogP contribution in [-0.4, -0.2) is 52.0 Å². The summed E-state index contributed by atoms with van der Waals surface area (Å²) in [5, 5.41) is 30.9. The third kappa shape index (κ3) is 1.96. The molecule has 7 nitrogen and oxygen atoms in total. The van der Waals surface area contributed by atoms with Crippen LogP contribution in [0.3, 0.4) is 0 Å². The van der Waals surface area contributed by atoms with E-state index in [9.17, 15) is 24.9 Å². The highest BCUT2D eigenvalue weighted by Crippen LogP contribution is 2.49. The predicted molar refractivity (Wildman–Crippen MR) is 77.1 cm³/mol. The summed E-state index contributed by atoms with van der Waals surface area (Å²) in [5.41, 5.74) is -2.12. The first-order valence-corrected chi connectivity index (χ1v) is 7.34. The van der Waals surface area contributed by atoms with Crippen molar-refractivity contribution in [3.8, 4) is 11.5 Å². The van der Waals surface area contributed by atoms with Gasteiger partial charge in [-0.25, -0.2) is 4.79 Å². The molecule has 0 unspecified atom stereocenters. The number of aliphatic hydroxyl groups is 2. The Morgan fingerprint density at radius 3 is 2.74 bits per heavy atom. The molecule has 0 spiro atoms. The fourth-order valence-electron chi connectivity index (χ4n) is 3.67. The molecule has 5 atom stereocenters. The molecule has 1 aliphatic heterocycles. The van der Waals surface area contributed by atoms with E-state index in [0.717, 1.165) is 7.11 Å². The minimum atomic E-state index is -2.02. The van der Waals surface area contributed by atoms with Crippen LogP contribution in [0, 0.1) is 11.8 Å². The Balaban J connectivity index is 2.25. The van der Waals surface area contributed by atoms with E-state index in [2.05, 4.69) is 0 Å². The van der Waals surface area contributed by atoms with E-state index >= 15 is 0 Å². The van der Waals surface area contributed by atoms with Crippen LogP contribution in [-0.2, 0) is 9.53 Å². The Morgan fingerprint density at radius 2 is 2.09 bits per heavy atom. The number of rotatable bonds is 1. The van der Waals surface area contributed by atoms with Crippen molar-refractivity contribution in [2.75, 3.05) is 7.11 Å². The van der Waals surface area contributed by atoms with Crippen molar-refractivity contribution in [1.29, 1.82) is 0 Å². The van der Waals surface area contributed by atoms with E-state index in [-0.39, 0.29) is 23.5 Å². The molecule has 1 fully saturated rings. The number of hydrogen-bond donors (Lipinski definition) is 3. The van der Waals surface area contributed by atoms with Gasteiger partial charge in [0.25, 0.3) is 0 Å². The number of phenols is 1. The molecule has 0 saturated heterocycles. The number of methoxy groups -OCH3 is 1. The summed E-state index contributed by atoms with van der Waals surface area (Å²) in [6.07, 6.45) is -2.40. The van der Waals surface area contributed by atoms with Gasteiger partial charge < -0.3 is 24.8 Å². The lowest BCUT2D eigenvalue weighted by molar-refractivity contribution is -0.201. The fourth-order valence-corrected chi connectivity index (χ4v) is 3.67. The molecular weight excluding hydrogens is 304 g/mol. The molecule has 1 aromatic carbocycles. The van der Waals surface area contributed by atoms with Crippen LogP contribution in [0.1, 0.15) is 23.7 Å². The number of aliphatic hydroxyl groups excluding tert-OH is 2. The van der Waals surface area contributed by atoms with Crippen molar-refractivity contribution in [3.63, 3.8) is 0 Å². The Kier molecular flexibility index (Phi) is 3.57. The monoisotopic (exact) mass is 322 g/mol. The number of carbonyl (C=O) groups is 2. The molecule has 23 heavy (non-hydrogen) atoms. The van der Waals surface area contributed by atoms with Crippen molar-refractivity contribution in [2.24, 2.45) is 11.8 Å². The van der Waals surface area contributed by atoms with Crippen LogP contribution < -0.4 is 4.74 Å². The predicted octanol–water partition coefficient (Wildman–Crippen LogP) is 0.257. The summed E-state index contributed by atoms with van der Waals surface area (Å²) in [4.78, 5) is 25.3. The van der Waals surface area contributed by atoms with Crippen LogP contribution in [0.25, 0.3) is 0 Å². The van der Waals surface area contributed by atoms with Gasteiger partial charge in [0.1, 0.15) is 29.1 Å². The van der Waals surface area contributed by atoms with Gasteiger partial charge in [-0.1, -0.05) is 13.0 Å². The SMILES string of the molecule is COC(=O)[C@]12Oc3cccc(O)c3C(=O)[C@@H]1[C@@H](O)C[C@@H](C)[C@@H]2O. The van der Waals surface area contributed by atoms with E-state index in [4.69, 9.17) is 9.47 Å². The van der Waals surface area contributed by atoms with Crippen LogP contribution >= 0.6 is 0 Å². The van der Waals surface area contributed by atoms with Crippen LogP contribution in [0.4, 0.5) is 0 Å². The number of hydrogen-bond acceptors (Lipinski definition) is 7. The Labute approximate surface area is 132 Å². The first kappa shape index (κ1) is 15.8. The molecule has 0 bridgehead atoms. The average molecular weight is 322 g/mol. The maximum Gasteiger partial charge on any atom is 0.353 e.